The third-order valence-corrected chi connectivity index (χ3v) is 5.69. The maximum absolute atomic E-state index is 13.5. The van der Waals surface area contributed by atoms with Gasteiger partial charge in [0, 0.05) is 16.6 Å². The van der Waals surface area contributed by atoms with E-state index in [-0.39, 0.29) is 6.79 Å². The molecule has 1 N–H and O–H groups in total. The molecule has 6 nitrogen and oxygen atoms in total. The fraction of sp³-hybridized carbons (Fsp3) is 0.0690. The minimum Gasteiger partial charge on any atom is -0.463 e. The quantitative estimate of drug-likeness (QED) is 0.168. The number of benzene rings is 4. The van der Waals surface area contributed by atoms with Crippen molar-refractivity contribution in [3.63, 3.8) is 0 Å². The topological polar surface area (TPSA) is 73.9 Å². The lowest BCUT2D eigenvalue weighted by Gasteiger charge is -2.33. The highest BCUT2D eigenvalue weighted by molar-refractivity contribution is 6.01. The van der Waals surface area contributed by atoms with Crippen molar-refractivity contribution >= 4 is 34.4 Å². The molecule has 0 spiro atoms. The van der Waals surface area contributed by atoms with Crippen LogP contribution in [0.2, 0.25) is 0 Å². The molecule has 6 heteroatoms. The molecule has 1 heterocycles. The highest BCUT2D eigenvalue weighted by Crippen LogP contribution is 2.38. The molecule has 0 saturated carbocycles. The van der Waals surface area contributed by atoms with Crippen LogP contribution < -0.4 is 10.1 Å². The van der Waals surface area contributed by atoms with E-state index in [9.17, 15) is 9.59 Å². The summed E-state index contributed by atoms with van der Waals surface area (Å²) in [6.07, 6.45) is 4.13. The minimum atomic E-state index is -1.81. The number of hydrogen-bond acceptors (Lipinski definition) is 5. The average molecular weight is 463 g/mol. The highest BCUT2D eigenvalue weighted by atomic mass is 16.8. The first-order valence-electron chi connectivity index (χ1n) is 11.0. The van der Waals surface area contributed by atoms with E-state index in [1.165, 1.54) is 12.0 Å². The Hall–Kier alpha value is -4.64. The molecule has 0 aromatic heterocycles. The molecular weight excluding hydrogens is 442 g/mol. The van der Waals surface area contributed by atoms with Crippen LogP contribution in [0.15, 0.2) is 103 Å². The zero-order chi connectivity index (χ0) is 24.1. The smallest absolute Gasteiger partial charge is 0.314 e. The Bertz CT molecular complexity index is 1440. The molecule has 1 aliphatic heterocycles. The summed E-state index contributed by atoms with van der Waals surface area (Å²) in [5, 5.41) is 4.68. The van der Waals surface area contributed by atoms with Crippen molar-refractivity contribution in [3.05, 3.63) is 109 Å². The van der Waals surface area contributed by atoms with E-state index >= 15 is 0 Å². The second kappa shape index (κ2) is 9.69. The monoisotopic (exact) mass is 463 g/mol. The Morgan fingerprint density at radius 3 is 2.46 bits per heavy atom. The van der Waals surface area contributed by atoms with Crippen LogP contribution in [0.25, 0.3) is 28.0 Å². The predicted molar refractivity (Wildman–Crippen MR) is 134 cm³/mol. The molecule has 4 aromatic rings. The van der Waals surface area contributed by atoms with Crippen molar-refractivity contribution in [1.29, 1.82) is 0 Å². The standard InChI is InChI=1S/C29H21NO5/c31-18-19-33-20-34-29(17-16-24-11-10-23-8-4-5-9-26(23)27(24)35-29)28(32)30-25-14-12-22(13-15-25)21-6-2-1-3-7-21/h1-17,19H,20H2,(H,30,32). The molecule has 35 heavy (non-hydrogen) atoms. The van der Waals surface area contributed by atoms with Gasteiger partial charge in [-0.3, -0.25) is 9.53 Å². The Morgan fingerprint density at radius 2 is 1.66 bits per heavy atom. The van der Waals surface area contributed by atoms with Crippen LogP contribution in [0.1, 0.15) is 5.56 Å². The van der Waals surface area contributed by atoms with Gasteiger partial charge in [0.2, 0.25) is 0 Å². The van der Waals surface area contributed by atoms with Gasteiger partial charge in [-0.1, -0.05) is 78.9 Å². The Labute approximate surface area is 202 Å². The fourth-order valence-corrected chi connectivity index (χ4v) is 3.94. The first-order chi connectivity index (χ1) is 17.2. The van der Waals surface area contributed by atoms with Crippen LogP contribution in [0.4, 0.5) is 5.69 Å². The lowest BCUT2D eigenvalue weighted by Crippen LogP contribution is -2.50. The number of ether oxygens (including phenoxy) is 3. The summed E-state index contributed by atoms with van der Waals surface area (Å²) in [5.74, 6) is -0.328. The third-order valence-electron chi connectivity index (χ3n) is 5.69. The molecule has 1 unspecified atom stereocenters. The van der Waals surface area contributed by atoms with E-state index in [0.29, 0.717) is 11.4 Å². The first kappa shape index (κ1) is 22.2. The summed E-state index contributed by atoms with van der Waals surface area (Å²) < 4.78 is 17.0. The molecule has 0 aliphatic carbocycles. The molecular formula is C29H21NO5. The van der Waals surface area contributed by atoms with Crippen molar-refractivity contribution in [2.45, 2.75) is 5.79 Å². The van der Waals surface area contributed by atoms with Crippen LogP contribution in [-0.2, 0) is 19.1 Å². The maximum atomic E-state index is 13.5. The van der Waals surface area contributed by atoms with E-state index in [1.54, 1.807) is 6.08 Å². The number of nitrogens with one attached hydrogen (secondary N) is 1. The van der Waals surface area contributed by atoms with Gasteiger partial charge in [-0.15, -0.1) is 0 Å². The molecule has 4 aromatic carbocycles. The normalized spacial score (nSPS) is 16.0. The summed E-state index contributed by atoms with van der Waals surface area (Å²) in [6, 6.07) is 29.1. The summed E-state index contributed by atoms with van der Waals surface area (Å²) in [4.78, 5) is 24.0. The van der Waals surface area contributed by atoms with Crippen LogP contribution >= 0.6 is 0 Å². The van der Waals surface area contributed by atoms with Gasteiger partial charge in [-0.2, -0.15) is 0 Å². The van der Waals surface area contributed by atoms with Gasteiger partial charge in [-0.25, -0.2) is 4.79 Å². The number of carbonyl (C=O) groups is 1. The van der Waals surface area contributed by atoms with Gasteiger partial charge in [0.25, 0.3) is 0 Å². The fourth-order valence-electron chi connectivity index (χ4n) is 3.94. The van der Waals surface area contributed by atoms with Crippen molar-refractivity contribution < 1.29 is 23.8 Å². The number of rotatable bonds is 7. The lowest BCUT2D eigenvalue weighted by atomic mass is 10.0. The largest absolute Gasteiger partial charge is 0.463 e. The maximum Gasteiger partial charge on any atom is 0.314 e. The average Bonchev–Trinajstić information content (AvgIpc) is 2.92. The van der Waals surface area contributed by atoms with E-state index in [0.717, 1.165) is 33.7 Å². The molecule has 5 rings (SSSR count). The second-order valence-corrected chi connectivity index (χ2v) is 7.87. The van der Waals surface area contributed by atoms with E-state index < -0.39 is 11.7 Å². The molecule has 1 atom stereocenters. The van der Waals surface area contributed by atoms with Gasteiger partial charge in [0.1, 0.15) is 5.75 Å². The molecule has 0 radical (unpaired) electrons. The van der Waals surface area contributed by atoms with Crippen molar-refractivity contribution in [2.24, 2.45) is 0 Å². The minimum absolute atomic E-state index is 0.389. The molecule has 0 fully saturated rings. The SMILES string of the molecule is O=C=COCOC1(C(=O)Nc2ccc(-c3ccccc3)cc2)C=Cc2ccc3ccccc3c2O1. The first-order valence-corrected chi connectivity index (χ1v) is 11.0. The Morgan fingerprint density at radius 1 is 0.914 bits per heavy atom. The second-order valence-electron chi connectivity index (χ2n) is 7.87. The van der Waals surface area contributed by atoms with Gasteiger partial charge >= 0.3 is 11.7 Å². The molecule has 0 saturated heterocycles. The number of anilines is 1. The zero-order valence-electron chi connectivity index (χ0n) is 18.6. The summed E-state index contributed by atoms with van der Waals surface area (Å²) in [7, 11) is 0. The molecule has 1 amide bonds. The van der Waals surface area contributed by atoms with Crippen molar-refractivity contribution in [1.82, 2.24) is 0 Å². The lowest BCUT2D eigenvalue weighted by molar-refractivity contribution is -0.195. The van der Waals surface area contributed by atoms with Crippen LogP contribution in [-0.4, -0.2) is 24.4 Å². The number of amides is 1. The Kier molecular flexibility index (Phi) is 6.14. The summed E-state index contributed by atoms with van der Waals surface area (Å²) in [5.41, 5.74) is 3.49. The van der Waals surface area contributed by atoms with Gasteiger partial charge in [-0.05, 0) is 40.8 Å². The van der Waals surface area contributed by atoms with E-state index in [1.807, 2.05) is 91.0 Å². The molecule has 172 valence electrons. The van der Waals surface area contributed by atoms with Crippen molar-refractivity contribution in [3.8, 4) is 16.9 Å². The van der Waals surface area contributed by atoms with E-state index in [2.05, 4.69) is 5.32 Å². The number of hydrogen-bond donors (Lipinski definition) is 1. The van der Waals surface area contributed by atoms with E-state index in [4.69, 9.17) is 14.2 Å². The number of carbonyl (C=O) groups excluding carboxylic acids is 2. The van der Waals surface area contributed by atoms with Gasteiger partial charge in [0.05, 0.1) is 0 Å². The van der Waals surface area contributed by atoms with Gasteiger partial charge in [0.15, 0.2) is 19.0 Å². The van der Waals surface area contributed by atoms with Crippen molar-refractivity contribution in [2.75, 3.05) is 12.1 Å². The molecule has 0 bridgehead atoms. The van der Waals surface area contributed by atoms with Crippen LogP contribution in [0.3, 0.4) is 0 Å². The Balaban J connectivity index is 1.44. The highest BCUT2D eigenvalue weighted by Gasteiger charge is 2.43. The van der Waals surface area contributed by atoms with Gasteiger partial charge < -0.3 is 14.8 Å². The summed E-state index contributed by atoms with van der Waals surface area (Å²) >= 11 is 0. The molecule has 1 aliphatic rings. The third kappa shape index (κ3) is 4.57. The summed E-state index contributed by atoms with van der Waals surface area (Å²) in [6.45, 7) is -0.389. The van der Waals surface area contributed by atoms with Crippen LogP contribution in [0, 0.1) is 0 Å². The predicted octanol–water partition coefficient (Wildman–Crippen LogP) is 5.58. The number of fused-ring (bicyclic) bond motifs is 3. The van der Waals surface area contributed by atoms with Crippen LogP contribution in [0.5, 0.6) is 5.75 Å². The zero-order valence-corrected chi connectivity index (χ0v) is 18.6.